The molecule has 88 valence electrons. The fourth-order valence-corrected chi connectivity index (χ4v) is 2.96. The van der Waals surface area contributed by atoms with Gasteiger partial charge in [-0.3, -0.25) is 0 Å². The highest BCUT2D eigenvalue weighted by molar-refractivity contribution is 5.53. The van der Waals surface area contributed by atoms with Crippen LogP contribution < -0.4 is 4.90 Å². The maximum absolute atomic E-state index is 12.8. The van der Waals surface area contributed by atoms with Crippen LogP contribution in [-0.2, 0) is 0 Å². The summed E-state index contributed by atoms with van der Waals surface area (Å²) < 4.78 is 25.7. The summed E-state index contributed by atoms with van der Waals surface area (Å²) in [7, 11) is 0. The first-order valence-electron chi connectivity index (χ1n) is 5.65. The zero-order chi connectivity index (χ0) is 12.1. The van der Waals surface area contributed by atoms with Crippen molar-refractivity contribution in [3.63, 3.8) is 0 Å². The topological polar surface area (TPSA) is 27.0 Å². The van der Waals surface area contributed by atoms with Crippen molar-refractivity contribution in [2.45, 2.75) is 18.8 Å². The number of hydrogen-bond donors (Lipinski definition) is 0. The molecule has 1 spiro atoms. The van der Waals surface area contributed by atoms with Gasteiger partial charge in [0.2, 0.25) is 5.92 Å². The minimum atomic E-state index is -2.43. The summed E-state index contributed by atoms with van der Waals surface area (Å²) in [5.74, 6) is -2.43. The number of nitriles is 1. The van der Waals surface area contributed by atoms with E-state index < -0.39 is 5.92 Å². The van der Waals surface area contributed by atoms with Crippen molar-refractivity contribution in [3.8, 4) is 6.07 Å². The largest absolute Gasteiger partial charge is 0.370 e. The highest BCUT2D eigenvalue weighted by Gasteiger charge is 2.61. The maximum Gasteiger partial charge on any atom is 0.249 e. The third-order valence-corrected chi connectivity index (χ3v) is 3.68. The number of anilines is 1. The van der Waals surface area contributed by atoms with Gasteiger partial charge in [-0.2, -0.15) is 5.26 Å². The van der Waals surface area contributed by atoms with Gasteiger partial charge >= 0.3 is 0 Å². The van der Waals surface area contributed by atoms with Gasteiger partial charge in [-0.25, -0.2) is 8.78 Å². The second-order valence-electron chi connectivity index (χ2n) is 5.22. The van der Waals surface area contributed by atoms with Gasteiger partial charge in [0.05, 0.1) is 11.6 Å². The van der Waals surface area contributed by atoms with Crippen molar-refractivity contribution in [1.82, 2.24) is 0 Å². The third kappa shape index (κ3) is 1.66. The maximum atomic E-state index is 12.8. The second-order valence-corrected chi connectivity index (χ2v) is 5.22. The molecule has 0 N–H and O–H groups in total. The fourth-order valence-electron chi connectivity index (χ4n) is 2.96. The number of rotatable bonds is 1. The number of halogens is 2. The first kappa shape index (κ1) is 10.5. The van der Waals surface area contributed by atoms with Crippen molar-refractivity contribution >= 4 is 5.69 Å². The van der Waals surface area contributed by atoms with E-state index in [9.17, 15) is 8.78 Å². The van der Waals surface area contributed by atoms with Crippen LogP contribution in [-0.4, -0.2) is 19.0 Å². The molecule has 3 rings (SSSR count). The molecular weight excluding hydrogens is 222 g/mol. The average molecular weight is 234 g/mol. The molecule has 1 heterocycles. The molecule has 0 unspecified atom stereocenters. The Morgan fingerprint density at radius 1 is 1.12 bits per heavy atom. The van der Waals surface area contributed by atoms with Gasteiger partial charge in [-0.1, -0.05) is 0 Å². The van der Waals surface area contributed by atoms with Crippen molar-refractivity contribution in [2.24, 2.45) is 5.41 Å². The molecule has 4 heteroatoms. The fraction of sp³-hybridized carbons (Fsp3) is 0.462. The molecule has 2 fully saturated rings. The van der Waals surface area contributed by atoms with Crippen molar-refractivity contribution in [2.75, 3.05) is 18.0 Å². The van der Waals surface area contributed by atoms with Gasteiger partial charge < -0.3 is 4.90 Å². The lowest BCUT2D eigenvalue weighted by Crippen LogP contribution is -2.65. The highest BCUT2D eigenvalue weighted by Crippen LogP contribution is 2.57. The number of nitrogens with zero attached hydrogens (tertiary/aromatic N) is 2. The van der Waals surface area contributed by atoms with Crippen LogP contribution in [0, 0.1) is 16.7 Å². The van der Waals surface area contributed by atoms with Crippen LogP contribution in [0.15, 0.2) is 24.3 Å². The van der Waals surface area contributed by atoms with E-state index in [-0.39, 0.29) is 18.3 Å². The van der Waals surface area contributed by atoms with E-state index >= 15 is 0 Å². The average Bonchev–Trinajstić information content (AvgIpc) is 2.22. The molecule has 1 saturated heterocycles. The van der Waals surface area contributed by atoms with E-state index in [0.717, 1.165) is 5.69 Å². The number of alkyl halides is 2. The summed E-state index contributed by atoms with van der Waals surface area (Å²) in [5.41, 5.74) is 1.50. The standard InChI is InChI=1S/C13H12F2N2/c14-13(15)6-12(7-13)8-17(9-12)11-3-1-10(5-16)2-4-11/h1-4H,6-9H2. The van der Waals surface area contributed by atoms with Crippen LogP contribution in [0.2, 0.25) is 0 Å². The summed E-state index contributed by atoms with van der Waals surface area (Å²) in [5, 5.41) is 8.68. The van der Waals surface area contributed by atoms with Gasteiger partial charge in [0.25, 0.3) is 0 Å². The molecule has 1 aromatic carbocycles. The molecular formula is C13H12F2N2. The lowest BCUT2D eigenvalue weighted by Gasteiger charge is -2.59. The van der Waals surface area contributed by atoms with Crippen LogP contribution in [0.5, 0.6) is 0 Å². The Balaban J connectivity index is 1.64. The Hall–Kier alpha value is -1.63. The summed E-state index contributed by atoms with van der Waals surface area (Å²) in [6.07, 6.45) is 0.0690. The quantitative estimate of drug-likeness (QED) is 0.747. The van der Waals surface area contributed by atoms with E-state index in [2.05, 4.69) is 11.0 Å². The van der Waals surface area contributed by atoms with Crippen LogP contribution in [0.25, 0.3) is 0 Å². The second kappa shape index (κ2) is 3.19. The molecule has 1 aromatic rings. The molecule has 17 heavy (non-hydrogen) atoms. The van der Waals surface area contributed by atoms with E-state index in [1.165, 1.54) is 0 Å². The summed E-state index contributed by atoms with van der Waals surface area (Å²) in [6, 6.07) is 9.33. The van der Waals surface area contributed by atoms with Gasteiger partial charge in [-0.05, 0) is 24.3 Å². The van der Waals surface area contributed by atoms with Gasteiger partial charge in [0.15, 0.2) is 0 Å². The molecule has 1 aliphatic heterocycles. The van der Waals surface area contributed by atoms with Gasteiger partial charge in [-0.15, -0.1) is 0 Å². The SMILES string of the molecule is N#Cc1ccc(N2CC3(C2)CC(F)(F)C3)cc1. The number of benzene rings is 1. The van der Waals surface area contributed by atoms with E-state index in [4.69, 9.17) is 5.26 Å². The predicted molar refractivity (Wildman–Crippen MR) is 60.0 cm³/mol. The molecule has 2 nitrogen and oxygen atoms in total. The van der Waals surface area contributed by atoms with Crippen molar-refractivity contribution in [1.29, 1.82) is 5.26 Å². The molecule has 1 aliphatic carbocycles. The first-order valence-corrected chi connectivity index (χ1v) is 5.65. The Morgan fingerprint density at radius 2 is 1.71 bits per heavy atom. The third-order valence-electron chi connectivity index (χ3n) is 3.68. The lowest BCUT2D eigenvalue weighted by molar-refractivity contribution is -0.170. The van der Waals surface area contributed by atoms with Crippen molar-refractivity contribution in [3.05, 3.63) is 29.8 Å². The zero-order valence-corrected chi connectivity index (χ0v) is 9.29. The smallest absolute Gasteiger partial charge is 0.249 e. The molecule has 0 radical (unpaired) electrons. The Labute approximate surface area is 98.5 Å². The monoisotopic (exact) mass is 234 g/mol. The molecule has 2 aliphatic rings. The molecule has 1 saturated carbocycles. The summed E-state index contributed by atoms with van der Waals surface area (Å²) in [4.78, 5) is 2.09. The molecule has 0 bridgehead atoms. The minimum absolute atomic E-state index is 0.0345. The lowest BCUT2D eigenvalue weighted by atomic mass is 9.61. The van der Waals surface area contributed by atoms with Crippen molar-refractivity contribution < 1.29 is 8.78 Å². The minimum Gasteiger partial charge on any atom is -0.370 e. The molecule has 0 atom stereocenters. The first-order chi connectivity index (χ1) is 8.02. The van der Waals surface area contributed by atoms with E-state index in [0.29, 0.717) is 18.7 Å². The van der Waals surface area contributed by atoms with Gasteiger partial charge in [0.1, 0.15) is 0 Å². The summed E-state index contributed by atoms with van der Waals surface area (Å²) in [6.45, 7) is 1.43. The number of hydrogen-bond acceptors (Lipinski definition) is 2. The van der Waals surface area contributed by atoms with Crippen LogP contribution >= 0.6 is 0 Å². The highest BCUT2D eigenvalue weighted by atomic mass is 19.3. The van der Waals surface area contributed by atoms with Crippen LogP contribution in [0.4, 0.5) is 14.5 Å². The zero-order valence-electron chi connectivity index (χ0n) is 9.29. The predicted octanol–water partition coefficient (Wildman–Crippen LogP) is 2.79. The van der Waals surface area contributed by atoms with Crippen LogP contribution in [0.3, 0.4) is 0 Å². The normalized spacial score (nSPS) is 23.7. The van der Waals surface area contributed by atoms with Crippen LogP contribution in [0.1, 0.15) is 18.4 Å². The van der Waals surface area contributed by atoms with Gasteiger partial charge in [0, 0.05) is 37.0 Å². The summed E-state index contributed by atoms with van der Waals surface area (Å²) >= 11 is 0. The van der Waals surface area contributed by atoms with E-state index in [1.807, 2.05) is 12.1 Å². The van der Waals surface area contributed by atoms with E-state index in [1.54, 1.807) is 12.1 Å². The molecule has 0 aromatic heterocycles. The Bertz CT molecular complexity index is 471. The molecule has 0 amide bonds. The Morgan fingerprint density at radius 3 is 2.18 bits per heavy atom. The Kier molecular flexibility index (Phi) is 1.97.